The van der Waals surface area contributed by atoms with E-state index in [4.69, 9.17) is 0 Å². The van der Waals surface area contributed by atoms with E-state index in [9.17, 15) is 17.6 Å². The lowest BCUT2D eigenvalue weighted by molar-refractivity contribution is 0.0949. The Hall–Kier alpha value is -1.81. The van der Waals surface area contributed by atoms with Gasteiger partial charge in [0.15, 0.2) is 0 Å². The molecule has 1 amide bonds. The fraction of sp³-hybridized carbons (Fsp3) is 0.500. The Labute approximate surface area is 160 Å². The molecule has 0 spiro atoms. The minimum atomic E-state index is -4.04. The third-order valence-corrected chi connectivity index (χ3v) is 5.87. The molecule has 0 unspecified atom stereocenters. The van der Waals surface area contributed by atoms with Crippen LogP contribution in [0.15, 0.2) is 35.7 Å². The van der Waals surface area contributed by atoms with Crippen molar-refractivity contribution in [3.05, 3.63) is 42.2 Å². The van der Waals surface area contributed by atoms with E-state index in [1.165, 1.54) is 12.1 Å². The van der Waals surface area contributed by atoms with E-state index >= 15 is 0 Å². The van der Waals surface area contributed by atoms with Crippen molar-refractivity contribution in [3.63, 3.8) is 0 Å². The van der Waals surface area contributed by atoms with Gasteiger partial charge in [-0.05, 0) is 38.2 Å². The summed E-state index contributed by atoms with van der Waals surface area (Å²) in [5, 5.41) is 2.76. The van der Waals surface area contributed by atoms with Crippen LogP contribution in [-0.4, -0.2) is 77.0 Å². The Bertz CT molecular complexity index is 762. The Morgan fingerprint density at radius 3 is 2.67 bits per heavy atom. The third-order valence-electron chi connectivity index (χ3n) is 4.43. The van der Waals surface area contributed by atoms with Gasteiger partial charge < -0.3 is 15.1 Å². The number of amides is 1. The van der Waals surface area contributed by atoms with Crippen LogP contribution in [0.25, 0.3) is 0 Å². The van der Waals surface area contributed by atoms with Gasteiger partial charge in [-0.25, -0.2) is 17.5 Å². The van der Waals surface area contributed by atoms with Gasteiger partial charge in [0.1, 0.15) is 10.7 Å². The number of likely N-dealkylation sites (N-methyl/N-ethyl adjacent to an activating group) is 1. The number of sulfonamides is 1. The fourth-order valence-electron chi connectivity index (χ4n) is 2.78. The van der Waals surface area contributed by atoms with Crippen molar-refractivity contribution in [1.29, 1.82) is 0 Å². The van der Waals surface area contributed by atoms with Gasteiger partial charge in [-0.15, -0.1) is 6.58 Å². The van der Waals surface area contributed by atoms with Crippen LogP contribution < -0.4 is 10.0 Å². The summed E-state index contributed by atoms with van der Waals surface area (Å²) in [4.78, 5) is 16.3. The van der Waals surface area contributed by atoms with Gasteiger partial charge in [0, 0.05) is 44.8 Å². The summed E-state index contributed by atoms with van der Waals surface area (Å²) in [7, 11) is -1.94. The molecule has 0 saturated carbocycles. The number of nitrogens with one attached hydrogen (secondary N) is 2. The number of rotatable bonds is 9. The lowest BCUT2D eigenvalue weighted by Crippen LogP contribution is -2.45. The highest BCUT2D eigenvalue weighted by Gasteiger charge is 2.20. The lowest BCUT2D eigenvalue weighted by atomic mass is 10.2. The number of halogens is 1. The zero-order chi connectivity index (χ0) is 19.9. The Kier molecular flexibility index (Phi) is 7.91. The molecular weight excluding hydrogens is 371 g/mol. The summed E-state index contributed by atoms with van der Waals surface area (Å²) in [6, 6.07) is 3.32. The van der Waals surface area contributed by atoms with Gasteiger partial charge in [0.05, 0.1) is 0 Å². The molecule has 1 aromatic carbocycles. The SMILES string of the molecule is C=CCNS(=O)(=O)c1cc(C(=O)NCCCN2CCN(C)CC2)ccc1F. The molecule has 0 bridgehead atoms. The average Bonchev–Trinajstić information content (AvgIpc) is 2.65. The van der Waals surface area contributed by atoms with Crippen LogP contribution >= 0.6 is 0 Å². The molecule has 0 atom stereocenters. The van der Waals surface area contributed by atoms with Crippen molar-refractivity contribution in [1.82, 2.24) is 19.8 Å². The molecule has 1 aromatic rings. The van der Waals surface area contributed by atoms with Crippen molar-refractivity contribution in [2.45, 2.75) is 11.3 Å². The van der Waals surface area contributed by atoms with Crippen LogP contribution in [0.4, 0.5) is 4.39 Å². The highest BCUT2D eigenvalue weighted by atomic mass is 32.2. The van der Waals surface area contributed by atoms with E-state index in [1.807, 2.05) is 0 Å². The number of benzene rings is 1. The first-order valence-electron chi connectivity index (χ1n) is 8.92. The third kappa shape index (κ3) is 6.39. The van der Waals surface area contributed by atoms with E-state index in [1.54, 1.807) is 0 Å². The number of carbonyl (C=O) groups excluding carboxylic acids is 1. The summed E-state index contributed by atoms with van der Waals surface area (Å²) >= 11 is 0. The van der Waals surface area contributed by atoms with Crippen molar-refractivity contribution in [2.75, 3.05) is 52.9 Å². The predicted molar refractivity (Wildman–Crippen MR) is 103 cm³/mol. The quantitative estimate of drug-likeness (QED) is 0.472. The maximum Gasteiger partial charge on any atom is 0.251 e. The van der Waals surface area contributed by atoms with Gasteiger partial charge in [-0.1, -0.05) is 6.08 Å². The van der Waals surface area contributed by atoms with E-state index in [0.717, 1.165) is 51.3 Å². The first-order chi connectivity index (χ1) is 12.8. The van der Waals surface area contributed by atoms with Gasteiger partial charge in [0.2, 0.25) is 10.0 Å². The molecule has 7 nitrogen and oxygen atoms in total. The summed E-state index contributed by atoms with van der Waals surface area (Å²) in [5.41, 5.74) is 0.106. The molecule has 2 N–H and O–H groups in total. The summed E-state index contributed by atoms with van der Waals surface area (Å²) in [5.74, 6) is -1.33. The molecule has 0 aromatic heterocycles. The van der Waals surface area contributed by atoms with Crippen LogP contribution in [0.2, 0.25) is 0 Å². The number of hydrogen-bond acceptors (Lipinski definition) is 5. The number of piperazine rings is 1. The van der Waals surface area contributed by atoms with Crippen LogP contribution in [0.1, 0.15) is 16.8 Å². The van der Waals surface area contributed by atoms with Crippen LogP contribution in [0.5, 0.6) is 0 Å². The zero-order valence-electron chi connectivity index (χ0n) is 15.6. The number of nitrogens with zero attached hydrogens (tertiary/aromatic N) is 2. The normalized spacial score (nSPS) is 16.2. The first kappa shape index (κ1) is 21.5. The molecule has 0 radical (unpaired) electrons. The summed E-state index contributed by atoms with van der Waals surface area (Å²) < 4.78 is 40.3. The van der Waals surface area contributed by atoms with Gasteiger partial charge in [0.25, 0.3) is 5.91 Å². The lowest BCUT2D eigenvalue weighted by Gasteiger charge is -2.32. The highest BCUT2D eigenvalue weighted by Crippen LogP contribution is 2.16. The Morgan fingerprint density at radius 2 is 2.00 bits per heavy atom. The minimum Gasteiger partial charge on any atom is -0.352 e. The first-order valence-corrected chi connectivity index (χ1v) is 10.4. The second-order valence-electron chi connectivity index (χ2n) is 6.54. The van der Waals surface area contributed by atoms with Gasteiger partial charge in [-0.3, -0.25) is 4.79 Å². The number of hydrogen-bond donors (Lipinski definition) is 2. The van der Waals surface area contributed by atoms with E-state index in [0.29, 0.717) is 6.54 Å². The molecule has 1 aliphatic heterocycles. The maximum atomic E-state index is 13.9. The van der Waals surface area contributed by atoms with Crippen LogP contribution in [-0.2, 0) is 10.0 Å². The summed E-state index contributed by atoms with van der Waals surface area (Å²) in [6.07, 6.45) is 2.15. The molecular formula is C18H27FN4O3S. The smallest absolute Gasteiger partial charge is 0.251 e. The largest absolute Gasteiger partial charge is 0.352 e. The van der Waals surface area contributed by atoms with Crippen molar-refractivity contribution in [2.24, 2.45) is 0 Å². The molecule has 150 valence electrons. The molecule has 1 aliphatic rings. The minimum absolute atomic E-state index is 0.0233. The van der Waals surface area contributed by atoms with Gasteiger partial charge in [-0.2, -0.15) is 0 Å². The van der Waals surface area contributed by atoms with E-state index in [2.05, 4.69) is 33.5 Å². The molecule has 1 saturated heterocycles. The van der Waals surface area contributed by atoms with E-state index < -0.39 is 26.6 Å². The van der Waals surface area contributed by atoms with Crippen molar-refractivity contribution in [3.8, 4) is 0 Å². The number of carbonyl (C=O) groups is 1. The highest BCUT2D eigenvalue weighted by molar-refractivity contribution is 7.89. The van der Waals surface area contributed by atoms with Crippen LogP contribution in [0.3, 0.4) is 0 Å². The second-order valence-corrected chi connectivity index (χ2v) is 8.28. The predicted octanol–water partition coefficient (Wildman–Crippen LogP) is 0.657. The summed E-state index contributed by atoms with van der Waals surface area (Å²) in [6.45, 7) is 8.87. The van der Waals surface area contributed by atoms with E-state index in [-0.39, 0.29) is 12.1 Å². The Balaban J connectivity index is 1.89. The molecule has 27 heavy (non-hydrogen) atoms. The molecule has 1 heterocycles. The topological polar surface area (TPSA) is 81.7 Å². The molecule has 0 aliphatic carbocycles. The Morgan fingerprint density at radius 1 is 1.30 bits per heavy atom. The molecule has 9 heteroatoms. The average molecular weight is 399 g/mol. The van der Waals surface area contributed by atoms with Crippen LogP contribution in [0, 0.1) is 5.82 Å². The maximum absolute atomic E-state index is 13.9. The monoisotopic (exact) mass is 398 g/mol. The molecule has 1 fully saturated rings. The second kappa shape index (κ2) is 9.93. The zero-order valence-corrected chi connectivity index (χ0v) is 16.4. The molecule has 2 rings (SSSR count). The standard InChI is InChI=1S/C18H27FN4O3S/c1-3-7-21-27(25,26)17-14-15(5-6-16(17)19)18(24)20-8-4-9-23-12-10-22(2)11-13-23/h3,5-6,14,21H,1,4,7-13H2,2H3,(H,20,24). The van der Waals surface area contributed by atoms with Crippen molar-refractivity contribution >= 4 is 15.9 Å². The van der Waals surface area contributed by atoms with Crippen molar-refractivity contribution < 1.29 is 17.6 Å². The van der Waals surface area contributed by atoms with Gasteiger partial charge >= 0.3 is 0 Å². The fourth-order valence-corrected chi connectivity index (χ4v) is 3.87.